The molecule has 0 aromatic heterocycles. The van der Waals surface area contributed by atoms with Crippen LogP contribution in [0.2, 0.25) is 0 Å². The molecule has 0 saturated carbocycles. The summed E-state index contributed by atoms with van der Waals surface area (Å²) in [6.07, 6.45) is 6.40. The highest BCUT2D eigenvalue weighted by molar-refractivity contribution is 5.77. The summed E-state index contributed by atoms with van der Waals surface area (Å²) in [5.74, 6) is -0.0554. The van der Waals surface area contributed by atoms with Crippen LogP contribution >= 0.6 is 0 Å². The summed E-state index contributed by atoms with van der Waals surface area (Å²) < 4.78 is 5.00. The fourth-order valence-corrected chi connectivity index (χ4v) is 1.28. The molecule has 0 aromatic carbocycles. The first-order chi connectivity index (χ1) is 8.06. The normalized spacial score (nSPS) is 11.2. The van der Waals surface area contributed by atoms with Crippen LogP contribution in [0.3, 0.4) is 0 Å². The third kappa shape index (κ3) is 11.2. The van der Waals surface area contributed by atoms with Crippen LogP contribution in [0.5, 0.6) is 0 Å². The van der Waals surface area contributed by atoms with Gasteiger partial charge in [0.25, 0.3) is 0 Å². The Hall–Kier alpha value is -1.09. The van der Waals surface area contributed by atoms with Crippen molar-refractivity contribution in [3.63, 3.8) is 0 Å². The van der Waals surface area contributed by atoms with E-state index in [2.05, 4.69) is 38.2 Å². The molecule has 0 unspecified atom stereocenters. The van der Waals surface area contributed by atoms with Crippen molar-refractivity contribution in [2.75, 3.05) is 19.8 Å². The third-order valence-corrected chi connectivity index (χ3v) is 2.28. The van der Waals surface area contributed by atoms with E-state index in [1.165, 1.54) is 11.1 Å². The molecule has 1 amide bonds. The highest BCUT2D eigenvalue weighted by Crippen LogP contribution is 2.05. The van der Waals surface area contributed by atoms with Crippen LogP contribution in [-0.4, -0.2) is 25.7 Å². The summed E-state index contributed by atoms with van der Waals surface area (Å²) >= 11 is 0. The molecule has 0 aromatic rings. The van der Waals surface area contributed by atoms with Crippen molar-refractivity contribution in [1.82, 2.24) is 5.32 Å². The summed E-state index contributed by atoms with van der Waals surface area (Å²) in [5, 5.41) is 2.79. The molecular weight excluding hydrogens is 214 g/mol. The Morgan fingerprint density at radius 3 is 2.53 bits per heavy atom. The second-order valence-electron chi connectivity index (χ2n) is 4.31. The number of nitrogens with one attached hydrogen (secondary N) is 1. The van der Waals surface area contributed by atoms with Crippen molar-refractivity contribution >= 4 is 5.91 Å². The minimum absolute atomic E-state index is 0.0554. The number of carbonyl (C=O) groups excluding carboxylic acids is 1. The molecule has 1 N–H and O–H groups in total. The van der Waals surface area contributed by atoms with Gasteiger partial charge in [0.05, 0.1) is 0 Å². The largest absolute Gasteiger partial charge is 0.372 e. The molecule has 0 fully saturated rings. The van der Waals surface area contributed by atoms with Crippen molar-refractivity contribution in [3.8, 4) is 0 Å². The van der Waals surface area contributed by atoms with Gasteiger partial charge in [-0.05, 0) is 40.5 Å². The lowest BCUT2D eigenvalue weighted by Crippen LogP contribution is -2.27. The van der Waals surface area contributed by atoms with Crippen molar-refractivity contribution in [1.29, 1.82) is 0 Å². The quantitative estimate of drug-likeness (QED) is 0.661. The average Bonchev–Trinajstić information content (AvgIpc) is 2.25. The Balaban J connectivity index is 3.69. The molecule has 0 aliphatic rings. The molecule has 98 valence electrons. The Labute approximate surface area is 105 Å². The number of hydrogen-bond acceptors (Lipinski definition) is 2. The maximum absolute atomic E-state index is 11.2. The highest BCUT2D eigenvalue weighted by atomic mass is 16.5. The van der Waals surface area contributed by atoms with E-state index in [1.54, 1.807) is 0 Å². The summed E-state index contributed by atoms with van der Waals surface area (Å²) in [6, 6.07) is 0. The zero-order chi connectivity index (χ0) is 13.1. The van der Waals surface area contributed by atoms with Gasteiger partial charge >= 0.3 is 0 Å². The average molecular weight is 239 g/mol. The van der Waals surface area contributed by atoms with Gasteiger partial charge in [0.1, 0.15) is 6.61 Å². The Morgan fingerprint density at radius 2 is 1.94 bits per heavy atom. The summed E-state index contributed by atoms with van der Waals surface area (Å²) in [6.45, 7) is 9.49. The smallest absolute Gasteiger partial charge is 0.246 e. The number of allylic oxidation sites excluding steroid dienone is 3. The highest BCUT2D eigenvalue weighted by Gasteiger charge is 1.97. The Morgan fingerprint density at radius 1 is 1.24 bits per heavy atom. The fraction of sp³-hybridized carbons (Fsp3) is 0.643. The molecule has 17 heavy (non-hydrogen) atoms. The van der Waals surface area contributed by atoms with Gasteiger partial charge in [-0.3, -0.25) is 4.79 Å². The predicted molar refractivity (Wildman–Crippen MR) is 71.9 cm³/mol. The Kier molecular flexibility index (Phi) is 9.44. The zero-order valence-corrected chi connectivity index (χ0v) is 11.5. The molecule has 0 spiro atoms. The monoisotopic (exact) mass is 239 g/mol. The van der Waals surface area contributed by atoms with E-state index in [0.717, 1.165) is 12.8 Å². The SMILES string of the molecule is CCOCC(=O)NC/C=C(\C)CCC=C(C)C. The van der Waals surface area contributed by atoms with Gasteiger partial charge < -0.3 is 10.1 Å². The van der Waals surface area contributed by atoms with E-state index in [1.807, 2.05) is 6.92 Å². The molecule has 0 rings (SSSR count). The molecule has 0 bridgehead atoms. The van der Waals surface area contributed by atoms with Gasteiger partial charge in [-0.2, -0.15) is 0 Å². The first-order valence-electron chi connectivity index (χ1n) is 6.19. The van der Waals surface area contributed by atoms with Crippen molar-refractivity contribution < 1.29 is 9.53 Å². The minimum Gasteiger partial charge on any atom is -0.372 e. The van der Waals surface area contributed by atoms with Gasteiger partial charge in [0.15, 0.2) is 0 Å². The van der Waals surface area contributed by atoms with Crippen LogP contribution in [0, 0.1) is 0 Å². The van der Waals surface area contributed by atoms with Crippen LogP contribution < -0.4 is 5.32 Å². The van der Waals surface area contributed by atoms with E-state index in [-0.39, 0.29) is 12.5 Å². The molecule has 0 radical (unpaired) electrons. The second-order valence-corrected chi connectivity index (χ2v) is 4.31. The zero-order valence-electron chi connectivity index (χ0n) is 11.5. The van der Waals surface area contributed by atoms with Gasteiger partial charge in [0, 0.05) is 13.2 Å². The number of hydrogen-bond donors (Lipinski definition) is 1. The molecular formula is C14H25NO2. The molecule has 0 heterocycles. The molecule has 3 nitrogen and oxygen atoms in total. The molecule has 3 heteroatoms. The lowest BCUT2D eigenvalue weighted by molar-refractivity contribution is -0.125. The molecule has 0 saturated heterocycles. The maximum atomic E-state index is 11.2. The number of carbonyl (C=O) groups is 1. The minimum atomic E-state index is -0.0554. The lowest BCUT2D eigenvalue weighted by atomic mass is 10.1. The van der Waals surface area contributed by atoms with Crippen molar-refractivity contribution in [2.24, 2.45) is 0 Å². The van der Waals surface area contributed by atoms with Crippen LogP contribution in [-0.2, 0) is 9.53 Å². The predicted octanol–water partition coefficient (Wildman–Crippen LogP) is 2.83. The van der Waals surface area contributed by atoms with Crippen molar-refractivity contribution in [3.05, 3.63) is 23.3 Å². The molecule has 0 aliphatic carbocycles. The first kappa shape index (κ1) is 15.9. The summed E-state index contributed by atoms with van der Waals surface area (Å²) in [7, 11) is 0. The summed E-state index contributed by atoms with van der Waals surface area (Å²) in [5.41, 5.74) is 2.65. The van der Waals surface area contributed by atoms with E-state index in [0.29, 0.717) is 13.2 Å². The number of amides is 1. The van der Waals surface area contributed by atoms with Crippen LogP contribution in [0.15, 0.2) is 23.3 Å². The molecule has 0 aliphatic heterocycles. The van der Waals surface area contributed by atoms with E-state index >= 15 is 0 Å². The Bertz CT molecular complexity index is 276. The van der Waals surface area contributed by atoms with Gasteiger partial charge in [0.2, 0.25) is 5.91 Å². The van der Waals surface area contributed by atoms with Gasteiger partial charge in [-0.1, -0.05) is 23.3 Å². The second kappa shape index (κ2) is 10.1. The van der Waals surface area contributed by atoms with Crippen LogP contribution in [0.1, 0.15) is 40.5 Å². The third-order valence-electron chi connectivity index (χ3n) is 2.28. The topological polar surface area (TPSA) is 38.3 Å². The summed E-state index contributed by atoms with van der Waals surface area (Å²) in [4.78, 5) is 11.2. The first-order valence-corrected chi connectivity index (χ1v) is 6.19. The fourth-order valence-electron chi connectivity index (χ4n) is 1.28. The standard InChI is InChI=1S/C14H25NO2/c1-5-17-11-14(16)15-10-9-13(4)8-6-7-12(2)3/h7,9H,5-6,8,10-11H2,1-4H3,(H,15,16)/b13-9+. The van der Waals surface area contributed by atoms with E-state index in [9.17, 15) is 4.79 Å². The van der Waals surface area contributed by atoms with E-state index in [4.69, 9.17) is 4.74 Å². The number of ether oxygens (including phenoxy) is 1. The van der Waals surface area contributed by atoms with Crippen LogP contribution in [0.25, 0.3) is 0 Å². The van der Waals surface area contributed by atoms with Gasteiger partial charge in [-0.25, -0.2) is 0 Å². The molecule has 0 atom stereocenters. The van der Waals surface area contributed by atoms with Gasteiger partial charge in [-0.15, -0.1) is 0 Å². The lowest BCUT2D eigenvalue weighted by Gasteiger charge is -2.03. The van der Waals surface area contributed by atoms with Crippen molar-refractivity contribution in [2.45, 2.75) is 40.5 Å². The maximum Gasteiger partial charge on any atom is 0.246 e. The number of rotatable bonds is 8. The van der Waals surface area contributed by atoms with Crippen LogP contribution in [0.4, 0.5) is 0 Å². The van der Waals surface area contributed by atoms with E-state index < -0.39 is 0 Å².